The summed E-state index contributed by atoms with van der Waals surface area (Å²) in [6.45, 7) is 3.13. The van der Waals surface area contributed by atoms with Gasteiger partial charge in [0.2, 0.25) is 5.91 Å². The SMILES string of the molecule is CC1(C)OC2C(COP(=O)(O)O)OC(c3cccc(C(N)=O)c3)C2O1. The molecule has 1 aromatic carbocycles. The maximum absolute atomic E-state index is 11.4. The molecule has 4 unspecified atom stereocenters. The molecule has 9 nitrogen and oxygen atoms in total. The summed E-state index contributed by atoms with van der Waals surface area (Å²) in [7, 11) is -4.64. The van der Waals surface area contributed by atoms with E-state index in [0.29, 0.717) is 11.1 Å². The number of carbonyl (C=O) groups is 1. The van der Waals surface area contributed by atoms with Crippen molar-refractivity contribution in [3.05, 3.63) is 35.4 Å². The summed E-state index contributed by atoms with van der Waals surface area (Å²) in [4.78, 5) is 29.2. The molecule has 0 aliphatic carbocycles. The first-order chi connectivity index (χ1) is 11.6. The summed E-state index contributed by atoms with van der Waals surface area (Å²) in [5.74, 6) is -1.44. The molecule has 4 N–H and O–H groups in total. The molecular formula is C15H20NO8P. The highest BCUT2D eigenvalue weighted by molar-refractivity contribution is 7.46. The van der Waals surface area contributed by atoms with Crippen LogP contribution in [-0.2, 0) is 23.3 Å². The molecule has 0 radical (unpaired) electrons. The monoisotopic (exact) mass is 373 g/mol. The minimum absolute atomic E-state index is 0.325. The number of nitrogens with two attached hydrogens (primary N) is 1. The van der Waals surface area contributed by atoms with E-state index in [4.69, 9.17) is 29.7 Å². The van der Waals surface area contributed by atoms with Crippen molar-refractivity contribution in [2.45, 2.75) is 44.1 Å². The summed E-state index contributed by atoms with van der Waals surface area (Å²) in [6.07, 6.45) is -2.40. The Morgan fingerprint density at radius 3 is 2.64 bits per heavy atom. The molecule has 10 heteroatoms. The fourth-order valence-corrected chi connectivity index (χ4v) is 3.47. The zero-order chi connectivity index (χ0) is 18.4. The molecule has 3 rings (SSSR count). The van der Waals surface area contributed by atoms with Gasteiger partial charge in [0.05, 0.1) is 6.61 Å². The average molecular weight is 373 g/mol. The van der Waals surface area contributed by atoms with Crippen molar-refractivity contribution in [2.75, 3.05) is 6.61 Å². The van der Waals surface area contributed by atoms with Crippen molar-refractivity contribution in [1.29, 1.82) is 0 Å². The zero-order valence-corrected chi connectivity index (χ0v) is 14.6. The van der Waals surface area contributed by atoms with Crippen molar-refractivity contribution in [2.24, 2.45) is 5.73 Å². The molecule has 0 saturated carbocycles. The topological polar surface area (TPSA) is 138 Å². The molecule has 2 fully saturated rings. The van der Waals surface area contributed by atoms with Gasteiger partial charge >= 0.3 is 7.82 Å². The van der Waals surface area contributed by atoms with E-state index in [9.17, 15) is 9.36 Å². The average Bonchev–Trinajstić information content (AvgIpc) is 2.97. The highest BCUT2D eigenvalue weighted by Crippen LogP contribution is 2.46. The van der Waals surface area contributed by atoms with Gasteiger partial charge in [0.15, 0.2) is 5.79 Å². The Morgan fingerprint density at radius 2 is 2.00 bits per heavy atom. The van der Waals surface area contributed by atoms with E-state index in [1.165, 1.54) is 0 Å². The Morgan fingerprint density at radius 1 is 1.32 bits per heavy atom. The molecule has 2 saturated heterocycles. The van der Waals surface area contributed by atoms with E-state index in [1.807, 2.05) is 0 Å². The van der Waals surface area contributed by atoms with E-state index in [1.54, 1.807) is 38.1 Å². The molecule has 25 heavy (non-hydrogen) atoms. The number of ether oxygens (including phenoxy) is 3. The zero-order valence-electron chi connectivity index (χ0n) is 13.7. The lowest BCUT2D eigenvalue weighted by Crippen LogP contribution is -2.32. The van der Waals surface area contributed by atoms with Crippen molar-refractivity contribution in [3.63, 3.8) is 0 Å². The number of phosphoric acid groups is 1. The number of hydrogen-bond donors (Lipinski definition) is 3. The van der Waals surface area contributed by atoms with Gasteiger partial charge in [0.25, 0.3) is 0 Å². The number of fused-ring (bicyclic) bond motifs is 1. The Bertz CT molecular complexity index is 717. The van der Waals surface area contributed by atoms with Crippen LogP contribution in [0, 0.1) is 0 Å². The highest BCUT2D eigenvalue weighted by atomic mass is 31.2. The molecular weight excluding hydrogens is 353 g/mol. The van der Waals surface area contributed by atoms with E-state index < -0.39 is 43.9 Å². The fourth-order valence-electron chi connectivity index (χ4n) is 3.12. The van der Waals surface area contributed by atoms with E-state index in [0.717, 1.165) is 0 Å². The molecule has 1 amide bonds. The van der Waals surface area contributed by atoms with E-state index in [2.05, 4.69) is 4.52 Å². The van der Waals surface area contributed by atoms with Gasteiger partial charge < -0.3 is 29.7 Å². The predicted molar refractivity (Wildman–Crippen MR) is 84.4 cm³/mol. The quantitative estimate of drug-likeness (QED) is 0.646. The molecule has 2 aliphatic heterocycles. The third kappa shape index (κ3) is 4.09. The van der Waals surface area contributed by atoms with Crippen LogP contribution in [0.1, 0.15) is 35.9 Å². The van der Waals surface area contributed by atoms with Gasteiger partial charge in [-0.25, -0.2) is 4.57 Å². The number of hydrogen-bond acceptors (Lipinski definition) is 6. The lowest BCUT2D eigenvalue weighted by Gasteiger charge is -2.24. The first kappa shape index (κ1) is 18.5. The first-order valence-electron chi connectivity index (χ1n) is 7.67. The summed E-state index contributed by atoms with van der Waals surface area (Å²) >= 11 is 0. The van der Waals surface area contributed by atoms with E-state index >= 15 is 0 Å². The number of rotatable bonds is 5. The maximum atomic E-state index is 11.4. The molecule has 4 atom stereocenters. The summed E-state index contributed by atoms with van der Waals surface area (Å²) < 4.78 is 33.1. The third-order valence-electron chi connectivity index (χ3n) is 4.06. The standard InChI is InChI=1S/C15H20NO8P/c1-15(2)23-12-10(7-21-25(18,19)20)22-11(13(12)24-15)8-4-3-5-9(6-8)14(16)17/h3-6,10-13H,7H2,1-2H3,(H2,16,17)(H2,18,19,20). The van der Waals surface area contributed by atoms with Gasteiger partial charge in [-0.05, 0) is 31.5 Å². The summed E-state index contributed by atoms with van der Waals surface area (Å²) in [5.41, 5.74) is 6.30. The maximum Gasteiger partial charge on any atom is 0.469 e. The van der Waals surface area contributed by atoms with Crippen LogP contribution in [-0.4, -0.2) is 46.4 Å². The molecule has 0 spiro atoms. The van der Waals surface area contributed by atoms with Crippen LogP contribution in [0.15, 0.2) is 24.3 Å². The highest BCUT2D eigenvalue weighted by Gasteiger charge is 2.55. The minimum atomic E-state index is -4.64. The largest absolute Gasteiger partial charge is 0.469 e. The van der Waals surface area contributed by atoms with Crippen molar-refractivity contribution in [1.82, 2.24) is 0 Å². The fraction of sp³-hybridized carbons (Fsp3) is 0.533. The number of phosphoric ester groups is 1. The van der Waals surface area contributed by atoms with Gasteiger partial charge in [-0.2, -0.15) is 0 Å². The van der Waals surface area contributed by atoms with Gasteiger partial charge in [-0.15, -0.1) is 0 Å². The predicted octanol–water partition coefficient (Wildman–Crippen LogP) is 0.855. The van der Waals surface area contributed by atoms with Crippen LogP contribution in [0.4, 0.5) is 0 Å². The smallest absolute Gasteiger partial charge is 0.366 e. The van der Waals surface area contributed by atoms with Gasteiger partial charge in [-0.3, -0.25) is 9.32 Å². The number of amides is 1. The summed E-state index contributed by atoms with van der Waals surface area (Å²) in [6, 6.07) is 6.62. The number of carbonyl (C=O) groups excluding carboxylic acids is 1. The van der Waals surface area contributed by atoms with Crippen LogP contribution < -0.4 is 5.73 Å². The molecule has 1 aromatic rings. The molecule has 0 aromatic heterocycles. The van der Waals surface area contributed by atoms with Crippen LogP contribution in [0.5, 0.6) is 0 Å². The van der Waals surface area contributed by atoms with E-state index in [-0.39, 0.29) is 6.61 Å². The minimum Gasteiger partial charge on any atom is -0.366 e. The van der Waals surface area contributed by atoms with Crippen LogP contribution >= 0.6 is 7.82 Å². The normalized spacial score (nSPS) is 31.0. The third-order valence-corrected chi connectivity index (χ3v) is 4.54. The lowest BCUT2D eigenvalue weighted by molar-refractivity contribution is -0.190. The van der Waals surface area contributed by atoms with Gasteiger partial charge in [-0.1, -0.05) is 12.1 Å². The molecule has 2 aliphatic rings. The van der Waals surface area contributed by atoms with Gasteiger partial charge in [0.1, 0.15) is 24.4 Å². The lowest BCUT2D eigenvalue weighted by atomic mass is 10.00. The van der Waals surface area contributed by atoms with Crippen molar-refractivity contribution >= 4 is 13.7 Å². The first-order valence-corrected chi connectivity index (χ1v) is 9.20. The second-order valence-corrected chi connectivity index (χ2v) is 7.68. The van der Waals surface area contributed by atoms with Crippen molar-refractivity contribution < 1.29 is 37.9 Å². The second-order valence-electron chi connectivity index (χ2n) is 6.44. The summed E-state index contributed by atoms with van der Waals surface area (Å²) in [5, 5.41) is 0. The Labute approximate surface area is 144 Å². The number of primary amides is 1. The Hall–Kier alpha value is -1.32. The number of benzene rings is 1. The molecule has 0 bridgehead atoms. The van der Waals surface area contributed by atoms with Gasteiger partial charge in [0, 0.05) is 5.56 Å². The molecule has 2 heterocycles. The second kappa shape index (κ2) is 6.44. The van der Waals surface area contributed by atoms with Crippen molar-refractivity contribution in [3.8, 4) is 0 Å². The van der Waals surface area contributed by atoms with Crippen LogP contribution in [0.2, 0.25) is 0 Å². The Balaban J connectivity index is 1.86. The Kier molecular flexibility index (Phi) is 4.76. The molecule has 138 valence electrons. The van der Waals surface area contributed by atoms with Crippen LogP contribution in [0.3, 0.4) is 0 Å². The van der Waals surface area contributed by atoms with Crippen LogP contribution in [0.25, 0.3) is 0 Å².